The molecule has 1 heterocycles. The number of esters is 2. The minimum absolute atomic E-state index is 0.390. The predicted molar refractivity (Wildman–Crippen MR) is 52.4 cm³/mol. The molecule has 1 rings (SSSR count). The maximum atomic E-state index is 11.3. The second kappa shape index (κ2) is 4.74. The van der Waals surface area contributed by atoms with Gasteiger partial charge in [-0.3, -0.25) is 4.79 Å². The van der Waals surface area contributed by atoms with Crippen molar-refractivity contribution in [1.29, 1.82) is 0 Å². The number of carbonyl (C=O) groups is 2. The Morgan fingerprint density at radius 2 is 2.14 bits per heavy atom. The number of hydrogen-bond donors (Lipinski definition) is 0. The average molecular weight is 194 g/mol. The molecule has 1 saturated heterocycles. The van der Waals surface area contributed by atoms with Gasteiger partial charge in [-0.05, 0) is 19.8 Å². The highest BCUT2D eigenvalue weighted by Crippen LogP contribution is 2.26. The summed E-state index contributed by atoms with van der Waals surface area (Å²) in [5, 5.41) is 0. The molecule has 0 amide bonds. The van der Waals surface area contributed by atoms with Gasteiger partial charge in [-0.15, -0.1) is 0 Å². The van der Waals surface area contributed by atoms with Crippen LogP contribution in [0.4, 0.5) is 0 Å². The fourth-order valence-electron chi connectivity index (χ4n) is 1.43. The molecule has 0 N–H and O–H groups in total. The van der Waals surface area contributed by atoms with E-state index in [-0.39, 0.29) is 0 Å². The SMILES string of the molecule is CC=CCC1C(=O)OC(=O)C1=CCC. The van der Waals surface area contributed by atoms with E-state index in [2.05, 4.69) is 4.74 Å². The van der Waals surface area contributed by atoms with Crippen LogP contribution in [0.2, 0.25) is 0 Å². The summed E-state index contributed by atoms with van der Waals surface area (Å²) in [6, 6.07) is 0. The number of hydrogen-bond acceptors (Lipinski definition) is 3. The molecule has 1 unspecified atom stereocenters. The zero-order valence-electron chi connectivity index (χ0n) is 8.45. The van der Waals surface area contributed by atoms with Gasteiger partial charge in [0.05, 0.1) is 5.92 Å². The van der Waals surface area contributed by atoms with Crippen molar-refractivity contribution in [3.63, 3.8) is 0 Å². The molecule has 1 fully saturated rings. The van der Waals surface area contributed by atoms with Gasteiger partial charge in [0.25, 0.3) is 0 Å². The van der Waals surface area contributed by atoms with Crippen LogP contribution in [-0.2, 0) is 14.3 Å². The van der Waals surface area contributed by atoms with Crippen LogP contribution in [0.3, 0.4) is 0 Å². The van der Waals surface area contributed by atoms with Crippen LogP contribution in [0, 0.1) is 5.92 Å². The van der Waals surface area contributed by atoms with Crippen LogP contribution in [-0.4, -0.2) is 11.9 Å². The van der Waals surface area contributed by atoms with Crippen LogP contribution in [0.1, 0.15) is 26.7 Å². The van der Waals surface area contributed by atoms with E-state index in [1.807, 2.05) is 26.0 Å². The lowest BCUT2D eigenvalue weighted by atomic mass is 9.97. The average Bonchev–Trinajstić information content (AvgIpc) is 2.40. The topological polar surface area (TPSA) is 43.4 Å². The smallest absolute Gasteiger partial charge is 0.342 e. The van der Waals surface area contributed by atoms with Crippen molar-refractivity contribution >= 4 is 11.9 Å². The van der Waals surface area contributed by atoms with Crippen molar-refractivity contribution in [3.05, 3.63) is 23.8 Å². The van der Waals surface area contributed by atoms with Crippen LogP contribution < -0.4 is 0 Å². The van der Waals surface area contributed by atoms with E-state index < -0.39 is 17.9 Å². The molecule has 0 saturated carbocycles. The normalized spacial score (nSPS) is 25.0. The van der Waals surface area contributed by atoms with Gasteiger partial charge in [0.1, 0.15) is 0 Å². The predicted octanol–water partition coefficient (Wildman–Crippen LogP) is 1.99. The highest BCUT2D eigenvalue weighted by atomic mass is 16.6. The van der Waals surface area contributed by atoms with Crippen molar-refractivity contribution in [2.75, 3.05) is 0 Å². The molecule has 0 bridgehead atoms. The Kier molecular flexibility index (Phi) is 3.63. The Morgan fingerprint density at radius 3 is 2.71 bits per heavy atom. The van der Waals surface area contributed by atoms with Gasteiger partial charge >= 0.3 is 11.9 Å². The molecule has 0 aromatic heterocycles. The molecule has 0 aromatic rings. The van der Waals surface area contributed by atoms with Crippen LogP contribution in [0.5, 0.6) is 0 Å². The molecular weight excluding hydrogens is 180 g/mol. The van der Waals surface area contributed by atoms with Crippen LogP contribution in [0.15, 0.2) is 23.8 Å². The zero-order valence-corrected chi connectivity index (χ0v) is 8.45. The monoisotopic (exact) mass is 194 g/mol. The maximum Gasteiger partial charge on any atom is 0.342 e. The third-order valence-electron chi connectivity index (χ3n) is 2.12. The van der Waals surface area contributed by atoms with Crippen molar-refractivity contribution in [1.82, 2.24) is 0 Å². The fraction of sp³-hybridized carbons (Fsp3) is 0.455. The quantitative estimate of drug-likeness (QED) is 0.298. The fourth-order valence-corrected chi connectivity index (χ4v) is 1.43. The Hall–Kier alpha value is -1.38. The lowest BCUT2D eigenvalue weighted by molar-refractivity contribution is -0.152. The summed E-state index contributed by atoms with van der Waals surface area (Å²) in [6.45, 7) is 3.81. The van der Waals surface area contributed by atoms with Crippen molar-refractivity contribution in [3.8, 4) is 0 Å². The second-order valence-electron chi connectivity index (χ2n) is 3.13. The summed E-state index contributed by atoms with van der Waals surface area (Å²) in [5.41, 5.74) is 0.510. The molecule has 14 heavy (non-hydrogen) atoms. The van der Waals surface area contributed by atoms with Crippen molar-refractivity contribution < 1.29 is 14.3 Å². The Morgan fingerprint density at radius 1 is 1.43 bits per heavy atom. The molecule has 1 aliphatic rings. The van der Waals surface area contributed by atoms with Gasteiger partial charge in [-0.25, -0.2) is 4.79 Å². The van der Waals surface area contributed by atoms with E-state index in [4.69, 9.17) is 0 Å². The van der Waals surface area contributed by atoms with Crippen LogP contribution in [0.25, 0.3) is 0 Å². The molecule has 76 valence electrons. The summed E-state index contributed by atoms with van der Waals surface area (Å²) in [7, 11) is 0. The Bertz CT molecular complexity index is 300. The van der Waals surface area contributed by atoms with Gasteiger partial charge in [0, 0.05) is 5.57 Å². The molecule has 0 aliphatic carbocycles. The molecular formula is C11H14O3. The van der Waals surface area contributed by atoms with E-state index in [0.717, 1.165) is 6.42 Å². The zero-order chi connectivity index (χ0) is 10.6. The van der Waals surface area contributed by atoms with Gasteiger partial charge in [0.15, 0.2) is 0 Å². The van der Waals surface area contributed by atoms with E-state index >= 15 is 0 Å². The Balaban J connectivity index is 2.83. The molecule has 0 radical (unpaired) electrons. The van der Waals surface area contributed by atoms with Gasteiger partial charge in [-0.1, -0.05) is 25.2 Å². The first kappa shape index (κ1) is 10.7. The number of cyclic esters (lactones) is 2. The molecule has 1 atom stereocenters. The maximum absolute atomic E-state index is 11.3. The number of carbonyl (C=O) groups excluding carboxylic acids is 2. The lowest BCUT2D eigenvalue weighted by Crippen LogP contribution is -2.07. The number of ether oxygens (including phenoxy) is 1. The standard InChI is InChI=1S/C11H14O3/c1-3-5-7-9-8(6-4-2)10(12)14-11(9)13/h3,5-6,9H,4,7H2,1-2H3. The van der Waals surface area contributed by atoms with Gasteiger partial charge in [-0.2, -0.15) is 0 Å². The molecule has 0 aromatic carbocycles. The van der Waals surface area contributed by atoms with E-state index in [9.17, 15) is 9.59 Å². The van der Waals surface area contributed by atoms with E-state index in [1.165, 1.54) is 0 Å². The van der Waals surface area contributed by atoms with E-state index in [1.54, 1.807) is 6.08 Å². The molecule has 0 spiro atoms. The summed E-state index contributed by atoms with van der Waals surface area (Å²) in [6.07, 6.45) is 6.78. The third kappa shape index (κ3) is 2.10. The molecule has 1 aliphatic heterocycles. The molecule has 3 nitrogen and oxygen atoms in total. The lowest BCUT2D eigenvalue weighted by Gasteiger charge is -2.01. The first-order valence-corrected chi connectivity index (χ1v) is 4.78. The first-order valence-electron chi connectivity index (χ1n) is 4.78. The minimum atomic E-state index is -0.480. The largest absolute Gasteiger partial charge is 0.389 e. The summed E-state index contributed by atoms with van der Waals surface area (Å²) in [5.74, 6) is -1.29. The van der Waals surface area contributed by atoms with Crippen molar-refractivity contribution in [2.45, 2.75) is 26.7 Å². The Labute approximate surface area is 83.4 Å². The summed E-state index contributed by atoms with van der Waals surface area (Å²) in [4.78, 5) is 22.5. The van der Waals surface area contributed by atoms with Gasteiger partial charge < -0.3 is 4.74 Å². The number of allylic oxidation sites excluding steroid dienone is 3. The highest BCUT2D eigenvalue weighted by molar-refractivity contribution is 6.07. The number of rotatable bonds is 3. The highest BCUT2D eigenvalue weighted by Gasteiger charge is 2.37. The summed E-state index contributed by atoms with van der Waals surface area (Å²) >= 11 is 0. The van der Waals surface area contributed by atoms with Crippen LogP contribution >= 0.6 is 0 Å². The second-order valence-corrected chi connectivity index (χ2v) is 3.13. The first-order chi connectivity index (χ1) is 6.70. The third-order valence-corrected chi connectivity index (χ3v) is 2.12. The molecule has 3 heteroatoms. The van der Waals surface area contributed by atoms with Crippen molar-refractivity contribution in [2.24, 2.45) is 5.92 Å². The van der Waals surface area contributed by atoms with E-state index in [0.29, 0.717) is 12.0 Å². The van der Waals surface area contributed by atoms with Gasteiger partial charge in [0.2, 0.25) is 0 Å². The summed E-state index contributed by atoms with van der Waals surface area (Å²) < 4.78 is 4.56. The minimum Gasteiger partial charge on any atom is -0.389 e.